The lowest BCUT2D eigenvalue weighted by atomic mass is 10.0. The quantitative estimate of drug-likeness (QED) is 0.389. The minimum absolute atomic E-state index is 0.312. The van der Waals surface area contributed by atoms with E-state index in [-0.39, 0.29) is 0 Å². The smallest absolute Gasteiger partial charge is 0.120 e. The van der Waals surface area contributed by atoms with Crippen molar-refractivity contribution >= 4 is 23.4 Å². The second-order valence-electron chi connectivity index (χ2n) is 5.30. The van der Waals surface area contributed by atoms with Gasteiger partial charge in [-0.1, -0.05) is 6.08 Å². The zero-order valence-corrected chi connectivity index (χ0v) is 12.4. The molecule has 0 aromatic heterocycles. The SMILES string of the molecule is C/C=C\C(=N)N1CCCC(Nc2ccc(N)c(C=N)c2)C1. The van der Waals surface area contributed by atoms with E-state index >= 15 is 0 Å². The monoisotopic (exact) mass is 285 g/mol. The average molecular weight is 285 g/mol. The number of piperidine rings is 1. The summed E-state index contributed by atoms with van der Waals surface area (Å²) in [6.45, 7) is 3.70. The van der Waals surface area contributed by atoms with Gasteiger partial charge in [-0.05, 0) is 44.0 Å². The third-order valence-corrected chi connectivity index (χ3v) is 3.70. The molecule has 1 aliphatic heterocycles. The van der Waals surface area contributed by atoms with Crippen molar-refractivity contribution in [2.24, 2.45) is 0 Å². The van der Waals surface area contributed by atoms with E-state index < -0.39 is 0 Å². The van der Waals surface area contributed by atoms with Crippen LogP contribution in [-0.2, 0) is 0 Å². The van der Waals surface area contributed by atoms with Crippen LogP contribution in [0.1, 0.15) is 25.3 Å². The van der Waals surface area contributed by atoms with Gasteiger partial charge in [0.15, 0.2) is 0 Å². The van der Waals surface area contributed by atoms with Gasteiger partial charge in [-0.25, -0.2) is 0 Å². The zero-order chi connectivity index (χ0) is 15.2. The Morgan fingerprint density at radius 3 is 3.00 bits per heavy atom. The second-order valence-corrected chi connectivity index (χ2v) is 5.30. The molecule has 1 heterocycles. The minimum atomic E-state index is 0.312. The molecule has 1 aromatic carbocycles. The number of nitrogen functional groups attached to an aromatic ring is 1. The summed E-state index contributed by atoms with van der Waals surface area (Å²) < 4.78 is 0. The lowest BCUT2D eigenvalue weighted by molar-refractivity contribution is 0.321. The molecule has 0 spiro atoms. The van der Waals surface area contributed by atoms with Crippen molar-refractivity contribution in [3.63, 3.8) is 0 Å². The summed E-state index contributed by atoms with van der Waals surface area (Å²) in [7, 11) is 0. The fraction of sp³-hybridized carbons (Fsp3) is 0.375. The van der Waals surface area contributed by atoms with Crippen LogP contribution in [0.15, 0.2) is 30.4 Å². The van der Waals surface area contributed by atoms with Crippen LogP contribution in [0.5, 0.6) is 0 Å². The van der Waals surface area contributed by atoms with Crippen molar-refractivity contribution in [1.82, 2.24) is 4.90 Å². The highest BCUT2D eigenvalue weighted by Crippen LogP contribution is 2.20. The second kappa shape index (κ2) is 6.92. The van der Waals surface area contributed by atoms with Crippen LogP contribution in [0.2, 0.25) is 0 Å². The van der Waals surface area contributed by atoms with E-state index in [0.29, 0.717) is 17.6 Å². The van der Waals surface area contributed by atoms with E-state index in [1.165, 1.54) is 6.21 Å². The van der Waals surface area contributed by atoms with Crippen LogP contribution in [0.4, 0.5) is 11.4 Å². The first kappa shape index (κ1) is 15.1. The maximum atomic E-state index is 8.01. The van der Waals surface area contributed by atoms with Gasteiger partial charge in [0.2, 0.25) is 0 Å². The van der Waals surface area contributed by atoms with Gasteiger partial charge in [0.1, 0.15) is 5.84 Å². The summed E-state index contributed by atoms with van der Waals surface area (Å²) in [5, 5.41) is 18.9. The molecule has 0 amide bonds. The summed E-state index contributed by atoms with van der Waals surface area (Å²) in [4.78, 5) is 2.09. The van der Waals surface area contributed by atoms with E-state index in [1.54, 1.807) is 0 Å². The Hall–Kier alpha value is -2.30. The summed E-state index contributed by atoms with van der Waals surface area (Å²) in [6, 6.07) is 5.98. The number of nitrogens with one attached hydrogen (secondary N) is 3. The fourth-order valence-electron chi connectivity index (χ4n) is 2.60. The van der Waals surface area contributed by atoms with Crippen molar-refractivity contribution < 1.29 is 0 Å². The standard InChI is InChI=1S/C16H23N5/c1-2-4-16(19)21-8-3-5-14(11-21)20-13-6-7-15(18)12(9-13)10-17/h2,4,6-7,9-10,14,17,19-20H,3,5,8,11,18H2,1H3/b4-2-,17-10?,19-16?. The third kappa shape index (κ3) is 3.84. The van der Waals surface area contributed by atoms with Gasteiger partial charge in [0.05, 0.1) is 0 Å². The van der Waals surface area contributed by atoms with E-state index in [9.17, 15) is 0 Å². The summed E-state index contributed by atoms with van der Waals surface area (Å²) in [5.74, 6) is 0.571. The van der Waals surface area contributed by atoms with E-state index in [0.717, 1.165) is 37.2 Å². The first-order valence-electron chi connectivity index (χ1n) is 7.26. The van der Waals surface area contributed by atoms with E-state index in [1.807, 2.05) is 37.3 Å². The van der Waals surface area contributed by atoms with Gasteiger partial charge in [-0.2, -0.15) is 0 Å². The maximum Gasteiger partial charge on any atom is 0.120 e. The average Bonchev–Trinajstić information content (AvgIpc) is 2.50. The molecule has 5 nitrogen and oxygen atoms in total. The lowest BCUT2D eigenvalue weighted by Crippen LogP contribution is -2.44. The minimum Gasteiger partial charge on any atom is -0.398 e. The van der Waals surface area contributed by atoms with Crippen molar-refractivity contribution in [2.45, 2.75) is 25.8 Å². The highest BCUT2D eigenvalue weighted by Gasteiger charge is 2.20. The molecule has 1 aromatic rings. The Labute approximate surface area is 125 Å². The molecule has 5 N–H and O–H groups in total. The number of allylic oxidation sites excluding steroid dienone is 1. The maximum absolute atomic E-state index is 8.01. The van der Waals surface area contributed by atoms with Gasteiger partial charge in [-0.3, -0.25) is 5.41 Å². The molecular formula is C16H23N5. The molecule has 0 saturated carbocycles. The number of hydrogen-bond acceptors (Lipinski definition) is 4. The number of benzene rings is 1. The number of nitrogens with two attached hydrogens (primary N) is 1. The molecule has 1 aliphatic rings. The van der Waals surface area contributed by atoms with Crippen molar-refractivity contribution in [2.75, 3.05) is 24.1 Å². The van der Waals surface area contributed by atoms with Crippen LogP contribution in [0, 0.1) is 10.8 Å². The molecular weight excluding hydrogens is 262 g/mol. The highest BCUT2D eigenvalue weighted by atomic mass is 15.2. The molecule has 112 valence electrons. The molecule has 0 aliphatic carbocycles. The molecule has 1 saturated heterocycles. The number of anilines is 2. The summed E-state index contributed by atoms with van der Waals surface area (Å²) >= 11 is 0. The first-order chi connectivity index (χ1) is 10.1. The number of rotatable bonds is 4. The topological polar surface area (TPSA) is 89.0 Å². The van der Waals surface area contributed by atoms with Crippen LogP contribution in [0.25, 0.3) is 0 Å². The van der Waals surface area contributed by atoms with Crippen LogP contribution in [-0.4, -0.2) is 36.1 Å². The van der Waals surface area contributed by atoms with Crippen molar-refractivity contribution in [3.8, 4) is 0 Å². The van der Waals surface area contributed by atoms with Gasteiger partial charge in [-0.15, -0.1) is 0 Å². The molecule has 0 radical (unpaired) electrons. The Balaban J connectivity index is 2.02. The molecule has 2 rings (SSSR count). The number of likely N-dealkylation sites (tertiary alicyclic amines) is 1. The predicted molar refractivity (Wildman–Crippen MR) is 89.5 cm³/mol. The molecule has 1 atom stereocenters. The van der Waals surface area contributed by atoms with Crippen LogP contribution < -0.4 is 11.1 Å². The largest absolute Gasteiger partial charge is 0.398 e. The fourth-order valence-corrected chi connectivity index (χ4v) is 2.60. The Bertz CT molecular complexity index is 550. The van der Waals surface area contributed by atoms with Crippen LogP contribution >= 0.6 is 0 Å². The van der Waals surface area contributed by atoms with E-state index in [2.05, 4.69) is 10.2 Å². The van der Waals surface area contributed by atoms with Crippen molar-refractivity contribution in [1.29, 1.82) is 10.8 Å². The summed E-state index contributed by atoms with van der Waals surface area (Å²) in [5.41, 5.74) is 8.14. The van der Waals surface area contributed by atoms with E-state index in [4.69, 9.17) is 16.6 Å². The van der Waals surface area contributed by atoms with Crippen molar-refractivity contribution in [3.05, 3.63) is 35.9 Å². The Kier molecular flexibility index (Phi) is 4.98. The highest BCUT2D eigenvalue weighted by molar-refractivity contribution is 5.90. The zero-order valence-electron chi connectivity index (χ0n) is 12.4. The molecule has 0 bridgehead atoms. The van der Waals surface area contributed by atoms with Gasteiger partial charge in [0, 0.05) is 42.3 Å². The van der Waals surface area contributed by atoms with Crippen LogP contribution in [0.3, 0.4) is 0 Å². The Morgan fingerprint density at radius 1 is 1.48 bits per heavy atom. The van der Waals surface area contributed by atoms with Gasteiger partial charge in [0.25, 0.3) is 0 Å². The molecule has 1 fully saturated rings. The van der Waals surface area contributed by atoms with Gasteiger partial charge < -0.3 is 21.4 Å². The normalized spacial score (nSPS) is 18.7. The third-order valence-electron chi connectivity index (χ3n) is 3.70. The predicted octanol–water partition coefficient (Wildman–Crippen LogP) is 2.70. The summed E-state index contributed by atoms with van der Waals surface area (Å²) in [6.07, 6.45) is 7.16. The first-order valence-corrected chi connectivity index (χ1v) is 7.26. The molecule has 5 heteroatoms. The van der Waals surface area contributed by atoms with Gasteiger partial charge >= 0.3 is 0 Å². The Morgan fingerprint density at radius 2 is 2.29 bits per heavy atom. The number of hydrogen-bond donors (Lipinski definition) is 4. The number of nitrogens with zero attached hydrogens (tertiary/aromatic N) is 1. The lowest BCUT2D eigenvalue weighted by Gasteiger charge is -2.34. The molecule has 1 unspecified atom stereocenters. The molecule has 21 heavy (non-hydrogen) atoms. The number of amidine groups is 1.